The van der Waals surface area contributed by atoms with E-state index in [0.29, 0.717) is 11.3 Å². The molecular weight excluding hydrogens is 362 g/mol. The summed E-state index contributed by atoms with van der Waals surface area (Å²) < 4.78 is 9.88. The third kappa shape index (κ3) is 6.01. The quantitative estimate of drug-likeness (QED) is 0.477. The molecule has 3 N–H and O–H groups in total. The molecule has 0 unspecified atom stereocenters. The van der Waals surface area contributed by atoms with Crippen molar-refractivity contribution < 1.29 is 24.2 Å². The summed E-state index contributed by atoms with van der Waals surface area (Å²) in [4.78, 5) is 24.3. The van der Waals surface area contributed by atoms with E-state index in [4.69, 9.17) is 9.47 Å². The SMILES string of the molecule is CCOC(=O)N[C@H](Cc1ccccc1)C(=O)N/N=C\c1cccc(OC)c1O. The Morgan fingerprint density at radius 2 is 1.93 bits per heavy atom. The molecule has 28 heavy (non-hydrogen) atoms. The van der Waals surface area contributed by atoms with Crippen molar-refractivity contribution in [3.63, 3.8) is 0 Å². The lowest BCUT2D eigenvalue weighted by molar-refractivity contribution is -0.123. The minimum Gasteiger partial charge on any atom is -0.504 e. The number of para-hydroxylation sites is 1. The van der Waals surface area contributed by atoms with Crippen LogP contribution >= 0.6 is 0 Å². The number of nitrogens with zero attached hydrogens (tertiary/aromatic N) is 1. The van der Waals surface area contributed by atoms with Crippen LogP contribution in [0.4, 0.5) is 4.79 Å². The first-order valence-electron chi connectivity index (χ1n) is 8.71. The highest BCUT2D eigenvalue weighted by molar-refractivity contribution is 5.89. The van der Waals surface area contributed by atoms with E-state index in [0.717, 1.165) is 5.56 Å². The Kier molecular flexibility index (Phi) is 7.83. The highest BCUT2D eigenvalue weighted by atomic mass is 16.5. The van der Waals surface area contributed by atoms with Crippen LogP contribution < -0.4 is 15.5 Å². The van der Waals surface area contributed by atoms with Crippen LogP contribution in [0, 0.1) is 0 Å². The molecular formula is C20H23N3O5. The predicted octanol–water partition coefficient (Wildman–Crippen LogP) is 2.21. The highest BCUT2D eigenvalue weighted by Gasteiger charge is 2.21. The minimum absolute atomic E-state index is 0.0894. The number of carbonyl (C=O) groups is 2. The number of hydrogen-bond donors (Lipinski definition) is 3. The van der Waals surface area contributed by atoms with Gasteiger partial charge in [0.15, 0.2) is 11.5 Å². The summed E-state index contributed by atoms with van der Waals surface area (Å²) in [6.45, 7) is 1.87. The fraction of sp³-hybridized carbons (Fsp3) is 0.250. The van der Waals surface area contributed by atoms with Gasteiger partial charge in [0.25, 0.3) is 5.91 Å². The van der Waals surface area contributed by atoms with Gasteiger partial charge in [-0.05, 0) is 24.6 Å². The van der Waals surface area contributed by atoms with E-state index in [1.54, 1.807) is 25.1 Å². The average molecular weight is 385 g/mol. The Hall–Kier alpha value is -3.55. The van der Waals surface area contributed by atoms with E-state index in [1.165, 1.54) is 13.3 Å². The molecule has 0 spiro atoms. The highest BCUT2D eigenvalue weighted by Crippen LogP contribution is 2.27. The number of nitrogens with one attached hydrogen (secondary N) is 2. The Morgan fingerprint density at radius 3 is 2.61 bits per heavy atom. The van der Waals surface area contributed by atoms with Crippen LogP contribution in [0.5, 0.6) is 11.5 Å². The molecule has 0 bridgehead atoms. The van der Waals surface area contributed by atoms with Crippen molar-refractivity contribution in [3.8, 4) is 11.5 Å². The van der Waals surface area contributed by atoms with E-state index >= 15 is 0 Å². The number of phenolic OH excluding ortho intramolecular Hbond substituents is 1. The molecule has 0 aliphatic rings. The van der Waals surface area contributed by atoms with Crippen molar-refractivity contribution in [2.75, 3.05) is 13.7 Å². The number of hydrazone groups is 1. The fourth-order valence-electron chi connectivity index (χ4n) is 2.43. The molecule has 0 heterocycles. The molecule has 0 saturated heterocycles. The monoisotopic (exact) mass is 385 g/mol. The second kappa shape index (κ2) is 10.6. The molecule has 0 aliphatic carbocycles. The molecule has 148 valence electrons. The molecule has 8 nitrogen and oxygen atoms in total. The number of carbonyl (C=O) groups excluding carboxylic acids is 2. The number of benzene rings is 2. The zero-order chi connectivity index (χ0) is 20.4. The molecule has 0 fully saturated rings. The standard InChI is InChI=1S/C20H23N3O5/c1-3-28-20(26)22-16(12-14-8-5-4-6-9-14)19(25)23-21-13-15-10-7-11-17(27-2)18(15)24/h4-11,13,16,24H,3,12H2,1-2H3,(H,22,26)(H,23,25)/b21-13-/t16-/m1/s1. The van der Waals surface area contributed by atoms with E-state index in [9.17, 15) is 14.7 Å². The van der Waals surface area contributed by atoms with Gasteiger partial charge < -0.3 is 19.9 Å². The van der Waals surface area contributed by atoms with Gasteiger partial charge in [0.2, 0.25) is 0 Å². The summed E-state index contributed by atoms with van der Waals surface area (Å²) in [5.74, 6) is -0.315. The maximum atomic E-state index is 12.5. The van der Waals surface area contributed by atoms with Crippen molar-refractivity contribution in [2.45, 2.75) is 19.4 Å². The fourth-order valence-corrected chi connectivity index (χ4v) is 2.43. The van der Waals surface area contributed by atoms with Gasteiger partial charge in [0.1, 0.15) is 6.04 Å². The van der Waals surface area contributed by atoms with Crippen molar-refractivity contribution in [3.05, 3.63) is 59.7 Å². The van der Waals surface area contributed by atoms with Gasteiger partial charge in [0.05, 0.1) is 19.9 Å². The summed E-state index contributed by atoms with van der Waals surface area (Å²) in [5.41, 5.74) is 3.61. The Morgan fingerprint density at radius 1 is 1.18 bits per heavy atom. The summed E-state index contributed by atoms with van der Waals surface area (Å²) in [6, 6.07) is 13.3. The molecule has 0 radical (unpaired) electrons. The molecule has 2 rings (SSSR count). The van der Waals surface area contributed by atoms with Gasteiger partial charge >= 0.3 is 6.09 Å². The molecule has 8 heteroatoms. The maximum absolute atomic E-state index is 12.5. The predicted molar refractivity (Wildman–Crippen MR) is 104 cm³/mol. The Balaban J connectivity index is 2.07. The average Bonchev–Trinajstić information content (AvgIpc) is 2.69. The number of phenols is 1. The molecule has 2 amide bonds. The zero-order valence-corrected chi connectivity index (χ0v) is 15.7. The van der Waals surface area contributed by atoms with Gasteiger partial charge in [-0.3, -0.25) is 4.79 Å². The Bertz CT molecular complexity index is 824. The van der Waals surface area contributed by atoms with Crippen LogP contribution in [0.25, 0.3) is 0 Å². The number of hydrogen-bond acceptors (Lipinski definition) is 6. The first kappa shape index (κ1) is 20.8. The third-order valence-electron chi connectivity index (χ3n) is 3.80. The number of rotatable bonds is 8. The van der Waals surface area contributed by atoms with E-state index in [-0.39, 0.29) is 18.8 Å². The number of ether oxygens (including phenoxy) is 2. The number of alkyl carbamates (subject to hydrolysis) is 1. The van der Waals surface area contributed by atoms with Crippen LogP contribution in [-0.4, -0.2) is 43.1 Å². The van der Waals surface area contributed by atoms with E-state index in [2.05, 4.69) is 15.8 Å². The molecule has 2 aromatic rings. The van der Waals surface area contributed by atoms with Crippen molar-refractivity contribution >= 4 is 18.2 Å². The van der Waals surface area contributed by atoms with Crippen molar-refractivity contribution in [1.82, 2.24) is 10.7 Å². The van der Waals surface area contributed by atoms with Gasteiger partial charge in [0, 0.05) is 12.0 Å². The van der Waals surface area contributed by atoms with Crippen molar-refractivity contribution in [2.24, 2.45) is 5.10 Å². The lowest BCUT2D eigenvalue weighted by Crippen LogP contribution is -2.47. The number of amides is 2. The minimum atomic E-state index is -0.877. The third-order valence-corrected chi connectivity index (χ3v) is 3.80. The molecule has 0 saturated carbocycles. The lowest BCUT2D eigenvalue weighted by Gasteiger charge is -2.16. The van der Waals surface area contributed by atoms with Gasteiger partial charge in [-0.2, -0.15) is 5.10 Å². The number of methoxy groups -OCH3 is 1. The molecule has 2 aromatic carbocycles. The van der Waals surface area contributed by atoms with Crippen LogP contribution in [0.15, 0.2) is 53.6 Å². The van der Waals surface area contributed by atoms with Gasteiger partial charge in [-0.25, -0.2) is 10.2 Å². The first-order valence-corrected chi connectivity index (χ1v) is 8.71. The smallest absolute Gasteiger partial charge is 0.407 e. The molecule has 0 aromatic heterocycles. The first-order chi connectivity index (χ1) is 13.5. The normalized spacial score (nSPS) is 11.6. The lowest BCUT2D eigenvalue weighted by atomic mass is 10.1. The topological polar surface area (TPSA) is 109 Å². The summed E-state index contributed by atoms with van der Waals surface area (Å²) in [5, 5.41) is 16.4. The van der Waals surface area contributed by atoms with E-state index < -0.39 is 18.0 Å². The Labute approximate surface area is 163 Å². The summed E-state index contributed by atoms with van der Waals surface area (Å²) in [6.07, 6.45) is 0.874. The zero-order valence-electron chi connectivity index (χ0n) is 15.7. The van der Waals surface area contributed by atoms with Gasteiger partial charge in [-0.1, -0.05) is 36.4 Å². The number of aromatic hydroxyl groups is 1. The second-order valence-corrected chi connectivity index (χ2v) is 5.74. The largest absolute Gasteiger partial charge is 0.504 e. The van der Waals surface area contributed by atoms with Crippen LogP contribution in [-0.2, 0) is 16.0 Å². The molecule has 1 atom stereocenters. The summed E-state index contributed by atoms with van der Waals surface area (Å²) in [7, 11) is 1.44. The molecule has 0 aliphatic heterocycles. The van der Waals surface area contributed by atoms with Crippen LogP contribution in [0.2, 0.25) is 0 Å². The van der Waals surface area contributed by atoms with Crippen LogP contribution in [0.3, 0.4) is 0 Å². The second-order valence-electron chi connectivity index (χ2n) is 5.74. The summed E-state index contributed by atoms with van der Waals surface area (Å²) >= 11 is 0. The van der Waals surface area contributed by atoms with Crippen LogP contribution in [0.1, 0.15) is 18.1 Å². The van der Waals surface area contributed by atoms with Crippen molar-refractivity contribution in [1.29, 1.82) is 0 Å². The van der Waals surface area contributed by atoms with Gasteiger partial charge in [-0.15, -0.1) is 0 Å². The maximum Gasteiger partial charge on any atom is 0.407 e. The van der Waals surface area contributed by atoms with E-state index in [1.807, 2.05) is 30.3 Å².